The zero-order valence-corrected chi connectivity index (χ0v) is 12.8. The zero-order chi connectivity index (χ0) is 17.0. The third-order valence-electron chi connectivity index (χ3n) is 4.04. The van der Waals surface area contributed by atoms with Gasteiger partial charge in [-0.2, -0.15) is 0 Å². The molecular weight excluding hydrogens is 302 g/mol. The summed E-state index contributed by atoms with van der Waals surface area (Å²) >= 11 is 0. The van der Waals surface area contributed by atoms with Crippen LogP contribution in [0.3, 0.4) is 0 Å². The summed E-state index contributed by atoms with van der Waals surface area (Å²) in [7, 11) is 0. The molecule has 0 saturated carbocycles. The van der Waals surface area contributed by atoms with E-state index in [0.29, 0.717) is 38.2 Å². The van der Waals surface area contributed by atoms with Gasteiger partial charge < -0.3 is 10.0 Å². The highest BCUT2D eigenvalue weighted by molar-refractivity contribution is 5.94. The van der Waals surface area contributed by atoms with Crippen molar-refractivity contribution in [1.82, 2.24) is 9.80 Å². The minimum Gasteiger partial charge on any atom is -0.480 e. The molecule has 1 aliphatic rings. The number of carbonyl (C=O) groups excluding carboxylic acids is 1. The number of non-ortho nitro benzene ring substituents is 1. The number of carboxylic acid groups (broad SMARTS) is 1. The molecule has 23 heavy (non-hydrogen) atoms. The van der Waals surface area contributed by atoms with Crippen molar-refractivity contribution in [1.29, 1.82) is 0 Å². The minimum absolute atomic E-state index is 0.0568. The molecule has 8 heteroatoms. The molecule has 1 fully saturated rings. The average Bonchev–Trinajstić information content (AvgIpc) is 2.55. The Morgan fingerprint density at radius 3 is 2.22 bits per heavy atom. The summed E-state index contributed by atoms with van der Waals surface area (Å²) in [5, 5.41) is 19.8. The highest BCUT2D eigenvalue weighted by Gasteiger charge is 2.29. The maximum Gasteiger partial charge on any atom is 0.320 e. The van der Waals surface area contributed by atoms with Crippen LogP contribution in [-0.4, -0.2) is 63.9 Å². The minimum atomic E-state index is -0.845. The van der Waals surface area contributed by atoms with Crippen molar-refractivity contribution in [3.63, 3.8) is 0 Å². The summed E-state index contributed by atoms with van der Waals surface area (Å²) in [6.07, 6.45) is 0.519. The third-order valence-corrected chi connectivity index (χ3v) is 4.04. The average molecular weight is 321 g/mol. The van der Waals surface area contributed by atoms with Crippen LogP contribution in [0.1, 0.15) is 23.7 Å². The van der Waals surface area contributed by atoms with E-state index in [4.69, 9.17) is 0 Å². The van der Waals surface area contributed by atoms with Gasteiger partial charge in [0.2, 0.25) is 0 Å². The molecule has 1 unspecified atom stereocenters. The molecule has 0 aliphatic carbocycles. The van der Waals surface area contributed by atoms with E-state index in [1.54, 1.807) is 4.90 Å². The summed E-state index contributed by atoms with van der Waals surface area (Å²) in [6, 6.07) is 4.98. The van der Waals surface area contributed by atoms with Crippen molar-refractivity contribution in [3.8, 4) is 0 Å². The Kier molecular flexibility index (Phi) is 5.28. The van der Waals surface area contributed by atoms with Crippen LogP contribution in [0.2, 0.25) is 0 Å². The molecule has 1 N–H and O–H groups in total. The number of amides is 1. The number of nitro benzene ring substituents is 1. The van der Waals surface area contributed by atoms with E-state index in [0.717, 1.165) is 0 Å². The summed E-state index contributed by atoms with van der Waals surface area (Å²) in [5.74, 6) is -1.04. The predicted molar refractivity (Wildman–Crippen MR) is 82.3 cm³/mol. The van der Waals surface area contributed by atoms with Crippen molar-refractivity contribution in [2.45, 2.75) is 19.4 Å². The monoisotopic (exact) mass is 321 g/mol. The Hall–Kier alpha value is -2.48. The maximum absolute atomic E-state index is 12.4. The third kappa shape index (κ3) is 3.84. The van der Waals surface area contributed by atoms with Crippen LogP contribution in [-0.2, 0) is 4.79 Å². The molecule has 2 rings (SSSR count). The van der Waals surface area contributed by atoms with Crippen LogP contribution >= 0.6 is 0 Å². The van der Waals surface area contributed by atoms with E-state index >= 15 is 0 Å². The Morgan fingerprint density at radius 1 is 1.22 bits per heavy atom. The summed E-state index contributed by atoms with van der Waals surface area (Å²) in [6.45, 7) is 3.72. The van der Waals surface area contributed by atoms with Crippen molar-refractivity contribution in [2.24, 2.45) is 0 Å². The lowest BCUT2D eigenvalue weighted by Crippen LogP contribution is -2.53. The quantitative estimate of drug-likeness (QED) is 0.646. The van der Waals surface area contributed by atoms with E-state index in [9.17, 15) is 24.8 Å². The first-order valence-electron chi connectivity index (χ1n) is 7.44. The lowest BCUT2D eigenvalue weighted by atomic mass is 10.1. The summed E-state index contributed by atoms with van der Waals surface area (Å²) in [4.78, 5) is 37.2. The summed E-state index contributed by atoms with van der Waals surface area (Å²) < 4.78 is 0. The highest BCUT2D eigenvalue weighted by atomic mass is 16.6. The maximum atomic E-state index is 12.4. The number of carboxylic acids is 1. The molecular formula is C15H19N3O5. The number of hydrogen-bond donors (Lipinski definition) is 1. The number of hydrogen-bond acceptors (Lipinski definition) is 5. The second-order valence-corrected chi connectivity index (χ2v) is 5.39. The second kappa shape index (κ2) is 7.19. The fraction of sp³-hybridized carbons (Fsp3) is 0.467. The Balaban J connectivity index is 1.98. The summed E-state index contributed by atoms with van der Waals surface area (Å²) in [5.41, 5.74) is 0.341. The van der Waals surface area contributed by atoms with Crippen LogP contribution in [0.5, 0.6) is 0 Å². The largest absolute Gasteiger partial charge is 0.480 e. The number of aliphatic carboxylic acids is 1. The van der Waals surface area contributed by atoms with Crippen LogP contribution < -0.4 is 0 Å². The van der Waals surface area contributed by atoms with Crippen molar-refractivity contribution in [3.05, 3.63) is 39.9 Å². The predicted octanol–water partition coefficient (Wildman–Crippen LogP) is 1.22. The lowest BCUT2D eigenvalue weighted by Gasteiger charge is -2.37. The highest BCUT2D eigenvalue weighted by Crippen LogP contribution is 2.16. The number of nitrogens with zero attached hydrogens (tertiary/aromatic N) is 3. The van der Waals surface area contributed by atoms with Gasteiger partial charge in [0.05, 0.1) is 4.92 Å². The lowest BCUT2D eigenvalue weighted by molar-refractivity contribution is -0.384. The zero-order valence-electron chi connectivity index (χ0n) is 12.8. The molecule has 0 bridgehead atoms. The van der Waals surface area contributed by atoms with E-state index < -0.39 is 16.9 Å². The molecule has 1 aromatic carbocycles. The molecule has 1 aliphatic heterocycles. The Bertz CT molecular complexity index is 594. The fourth-order valence-electron chi connectivity index (χ4n) is 2.73. The Labute approximate surface area is 133 Å². The first-order valence-corrected chi connectivity index (χ1v) is 7.44. The molecule has 1 aromatic rings. The molecule has 1 atom stereocenters. The van der Waals surface area contributed by atoms with E-state index in [1.807, 2.05) is 11.8 Å². The second-order valence-electron chi connectivity index (χ2n) is 5.39. The van der Waals surface area contributed by atoms with Crippen LogP contribution in [0, 0.1) is 10.1 Å². The van der Waals surface area contributed by atoms with Crippen LogP contribution in [0.25, 0.3) is 0 Å². The number of benzene rings is 1. The number of rotatable bonds is 5. The fourth-order valence-corrected chi connectivity index (χ4v) is 2.73. The molecule has 1 amide bonds. The number of nitro groups is 1. The smallest absolute Gasteiger partial charge is 0.320 e. The molecule has 8 nitrogen and oxygen atoms in total. The Morgan fingerprint density at radius 2 is 1.78 bits per heavy atom. The van der Waals surface area contributed by atoms with Gasteiger partial charge in [-0.1, -0.05) is 6.92 Å². The van der Waals surface area contributed by atoms with Crippen LogP contribution in [0.15, 0.2) is 24.3 Å². The van der Waals surface area contributed by atoms with Gasteiger partial charge in [-0.15, -0.1) is 0 Å². The topological polar surface area (TPSA) is 104 Å². The van der Waals surface area contributed by atoms with E-state index in [2.05, 4.69) is 0 Å². The first-order chi connectivity index (χ1) is 10.9. The standard InChI is InChI=1S/C15H19N3O5/c1-2-13(15(20)21)16-7-9-17(10-8-16)14(19)11-3-5-12(6-4-11)18(22)23/h3-6,13H,2,7-10H2,1H3,(H,20,21). The van der Waals surface area contributed by atoms with Crippen molar-refractivity contribution in [2.75, 3.05) is 26.2 Å². The van der Waals surface area contributed by atoms with Gasteiger partial charge in [0.15, 0.2) is 0 Å². The number of piperazine rings is 1. The van der Waals surface area contributed by atoms with Gasteiger partial charge in [-0.25, -0.2) is 0 Å². The normalized spacial score (nSPS) is 16.8. The van der Waals surface area contributed by atoms with Crippen molar-refractivity contribution < 1.29 is 19.6 Å². The molecule has 0 spiro atoms. The van der Waals surface area contributed by atoms with E-state index in [-0.39, 0.29) is 11.6 Å². The molecule has 1 saturated heterocycles. The van der Waals surface area contributed by atoms with Gasteiger partial charge in [0, 0.05) is 43.9 Å². The van der Waals surface area contributed by atoms with Gasteiger partial charge in [-0.3, -0.25) is 24.6 Å². The van der Waals surface area contributed by atoms with Gasteiger partial charge in [-0.05, 0) is 18.6 Å². The first kappa shape index (κ1) is 16.9. The van der Waals surface area contributed by atoms with Gasteiger partial charge in [0.1, 0.15) is 6.04 Å². The van der Waals surface area contributed by atoms with Gasteiger partial charge in [0.25, 0.3) is 11.6 Å². The van der Waals surface area contributed by atoms with Gasteiger partial charge >= 0.3 is 5.97 Å². The van der Waals surface area contributed by atoms with E-state index in [1.165, 1.54) is 24.3 Å². The van der Waals surface area contributed by atoms with Crippen LogP contribution in [0.4, 0.5) is 5.69 Å². The molecule has 0 aromatic heterocycles. The molecule has 0 radical (unpaired) electrons. The van der Waals surface area contributed by atoms with Crippen molar-refractivity contribution >= 4 is 17.6 Å². The molecule has 124 valence electrons. The molecule has 1 heterocycles. The number of carbonyl (C=O) groups is 2. The SMILES string of the molecule is CCC(C(=O)O)N1CCN(C(=O)c2ccc([N+](=O)[O-])cc2)CC1.